The van der Waals surface area contributed by atoms with E-state index >= 15 is 0 Å². The summed E-state index contributed by atoms with van der Waals surface area (Å²) in [4.78, 5) is 0. The molecule has 0 radical (unpaired) electrons. The fourth-order valence-electron chi connectivity index (χ4n) is 1.97. The van der Waals surface area contributed by atoms with Crippen LogP contribution in [0.15, 0.2) is 24.3 Å². The summed E-state index contributed by atoms with van der Waals surface area (Å²) >= 11 is 0. The van der Waals surface area contributed by atoms with Gasteiger partial charge in [-0.1, -0.05) is 26.0 Å². The van der Waals surface area contributed by atoms with Gasteiger partial charge in [0, 0.05) is 19.2 Å². The smallest absolute Gasteiger partial charge is 0.123 e. The van der Waals surface area contributed by atoms with Crippen molar-refractivity contribution < 1.29 is 9.13 Å². The second kappa shape index (κ2) is 8.28. The zero-order valence-corrected chi connectivity index (χ0v) is 12.4. The van der Waals surface area contributed by atoms with Gasteiger partial charge in [-0.05, 0) is 43.9 Å². The quantitative estimate of drug-likeness (QED) is 0.775. The van der Waals surface area contributed by atoms with Crippen molar-refractivity contribution in [3.63, 3.8) is 0 Å². The minimum atomic E-state index is -0.170. The van der Waals surface area contributed by atoms with E-state index in [1.54, 1.807) is 12.1 Å². The van der Waals surface area contributed by atoms with Crippen LogP contribution in [0.25, 0.3) is 0 Å². The predicted molar refractivity (Wildman–Crippen MR) is 78.0 cm³/mol. The average molecular weight is 267 g/mol. The molecule has 0 aromatic heterocycles. The second-order valence-electron chi connectivity index (χ2n) is 5.52. The minimum absolute atomic E-state index is 0.170. The Hall–Kier alpha value is -0.930. The summed E-state index contributed by atoms with van der Waals surface area (Å²) < 4.78 is 18.9. The fourth-order valence-corrected chi connectivity index (χ4v) is 1.97. The average Bonchev–Trinajstić information content (AvgIpc) is 2.32. The first-order valence-electron chi connectivity index (χ1n) is 7.09. The van der Waals surface area contributed by atoms with E-state index in [-0.39, 0.29) is 17.8 Å². The Balaban J connectivity index is 2.62. The van der Waals surface area contributed by atoms with Gasteiger partial charge in [-0.2, -0.15) is 0 Å². The third kappa shape index (κ3) is 6.69. The van der Waals surface area contributed by atoms with Crippen molar-refractivity contribution in [1.82, 2.24) is 5.32 Å². The molecule has 0 saturated heterocycles. The van der Waals surface area contributed by atoms with Crippen LogP contribution in [0.2, 0.25) is 0 Å². The van der Waals surface area contributed by atoms with E-state index in [4.69, 9.17) is 4.74 Å². The Morgan fingerprint density at radius 3 is 2.53 bits per heavy atom. The molecule has 0 saturated carbocycles. The number of halogens is 1. The van der Waals surface area contributed by atoms with Gasteiger partial charge in [0.25, 0.3) is 0 Å². The number of hydrogen-bond donors (Lipinski definition) is 1. The third-order valence-corrected chi connectivity index (χ3v) is 3.01. The first kappa shape index (κ1) is 16.1. The highest BCUT2D eigenvalue weighted by molar-refractivity contribution is 5.21. The number of rotatable bonds is 8. The number of ether oxygens (including phenoxy) is 1. The van der Waals surface area contributed by atoms with Gasteiger partial charge in [0.05, 0.1) is 6.10 Å². The van der Waals surface area contributed by atoms with Crippen molar-refractivity contribution in [2.45, 2.75) is 52.2 Å². The van der Waals surface area contributed by atoms with E-state index in [9.17, 15) is 4.39 Å². The maximum atomic E-state index is 13.3. The maximum Gasteiger partial charge on any atom is 0.123 e. The summed E-state index contributed by atoms with van der Waals surface area (Å²) in [5.41, 5.74) is 1.04. The molecule has 1 aromatic rings. The van der Waals surface area contributed by atoms with Crippen molar-refractivity contribution in [3.05, 3.63) is 35.6 Å². The largest absolute Gasteiger partial charge is 0.379 e. The molecule has 1 unspecified atom stereocenters. The molecule has 108 valence electrons. The molecule has 0 spiro atoms. The Morgan fingerprint density at radius 2 is 1.95 bits per heavy atom. The topological polar surface area (TPSA) is 21.3 Å². The van der Waals surface area contributed by atoms with Gasteiger partial charge in [0.2, 0.25) is 0 Å². The Labute approximate surface area is 116 Å². The van der Waals surface area contributed by atoms with Crippen LogP contribution in [-0.2, 0) is 4.74 Å². The molecule has 3 heteroatoms. The van der Waals surface area contributed by atoms with E-state index in [0.717, 1.165) is 18.5 Å². The predicted octanol–water partition coefficient (Wildman–Crippen LogP) is 3.72. The van der Waals surface area contributed by atoms with Crippen molar-refractivity contribution in [2.75, 3.05) is 13.2 Å². The van der Waals surface area contributed by atoms with Crippen LogP contribution in [0.3, 0.4) is 0 Å². The van der Waals surface area contributed by atoms with Crippen LogP contribution in [0.4, 0.5) is 4.39 Å². The third-order valence-electron chi connectivity index (χ3n) is 3.01. The monoisotopic (exact) mass is 267 g/mol. The standard InChI is InChI=1S/C16H26FNO/c1-12(2)18-11-15(8-9-19-13(3)4)14-6-5-7-16(17)10-14/h5-7,10,12-13,15,18H,8-9,11H2,1-4H3. The zero-order valence-electron chi connectivity index (χ0n) is 12.4. The zero-order chi connectivity index (χ0) is 14.3. The van der Waals surface area contributed by atoms with Gasteiger partial charge in [-0.25, -0.2) is 4.39 Å². The summed E-state index contributed by atoms with van der Waals surface area (Å²) in [7, 11) is 0. The molecule has 19 heavy (non-hydrogen) atoms. The lowest BCUT2D eigenvalue weighted by Gasteiger charge is -2.20. The molecule has 1 rings (SSSR count). The summed E-state index contributed by atoms with van der Waals surface area (Å²) in [6, 6.07) is 7.31. The fraction of sp³-hybridized carbons (Fsp3) is 0.625. The first-order chi connectivity index (χ1) is 8.99. The van der Waals surface area contributed by atoms with Gasteiger partial charge >= 0.3 is 0 Å². The molecule has 2 nitrogen and oxygen atoms in total. The molecule has 0 bridgehead atoms. The van der Waals surface area contributed by atoms with Crippen molar-refractivity contribution in [1.29, 1.82) is 0 Å². The van der Waals surface area contributed by atoms with E-state index < -0.39 is 0 Å². The molecule has 1 aromatic carbocycles. The van der Waals surface area contributed by atoms with Crippen molar-refractivity contribution in [2.24, 2.45) is 0 Å². The van der Waals surface area contributed by atoms with E-state index in [0.29, 0.717) is 12.6 Å². The Bertz CT molecular complexity index is 366. The highest BCUT2D eigenvalue weighted by Gasteiger charge is 2.13. The van der Waals surface area contributed by atoms with Crippen LogP contribution in [-0.4, -0.2) is 25.3 Å². The number of benzene rings is 1. The summed E-state index contributed by atoms with van der Waals surface area (Å²) in [6.45, 7) is 9.86. The van der Waals surface area contributed by atoms with Gasteiger partial charge in [-0.3, -0.25) is 0 Å². The summed E-state index contributed by atoms with van der Waals surface area (Å²) in [5.74, 6) is 0.119. The minimum Gasteiger partial charge on any atom is -0.379 e. The maximum absolute atomic E-state index is 13.3. The molecule has 0 aliphatic heterocycles. The van der Waals surface area contributed by atoms with Gasteiger partial charge in [0.15, 0.2) is 0 Å². The molecular weight excluding hydrogens is 241 g/mol. The normalized spacial score (nSPS) is 13.2. The van der Waals surface area contributed by atoms with Crippen LogP contribution < -0.4 is 5.32 Å². The highest BCUT2D eigenvalue weighted by atomic mass is 19.1. The van der Waals surface area contributed by atoms with Crippen LogP contribution in [0, 0.1) is 5.82 Å². The van der Waals surface area contributed by atoms with Crippen LogP contribution in [0.5, 0.6) is 0 Å². The summed E-state index contributed by atoms with van der Waals surface area (Å²) in [5, 5.41) is 3.42. The molecule has 0 aliphatic rings. The molecule has 0 aliphatic carbocycles. The van der Waals surface area contributed by atoms with Gasteiger partial charge < -0.3 is 10.1 Å². The molecule has 1 N–H and O–H groups in total. The molecular formula is C16H26FNO. The highest BCUT2D eigenvalue weighted by Crippen LogP contribution is 2.20. The number of hydrogen-bond acceptors (Lipinski definition) is 2. The second-order valence-corrected chi connectivity index (χ2v) is 5.52. The molecule has 0 heterocycles. The van der Waals surface area contributed by atoms with E-state index in [1.165, 1.54) is 6.07 Å². The van der Waals surface area contributed by atoms with Crippen molar-refractivity contribution >= 4 is 0 Å². The lowest BCUT2D eigenvalue weighted by atomic mass is 9.95. The van der Waals surface area contributed by atoms with Gasteiger partial charge in [-0.15, -0.1) is 0 Å². The Kier molecular flexibility index (Phi) is 7.03. The molecule has 1 atom stereocenters. The summed E-state index contributed by atoms with van der Waals surface area (Å²) in [6.07, 6.45) is 1.15. The van der Waals surface area contributed by atoms with E-state index in [1.807, 2.05) is 19.9 Å². The van der Waals surface area contributed by atoms with E-state index in [2.05, 4.69) is 19.2 Å². The van der Waals surface area contributed by atoms with Crippen LogP contribution >= 0.6 is 0 Å². The van der Waals surface area contributed by atoms with Crippen molar-refractivity contribution in [3.8, 4) is 0 Å². The lowest BCUT2D eigenvalue weighted by molar-refractivity contribution is 0.0731. The molecule has 0 amide bonds. The van der Waals surface area contributed by atoms with Gasteiger partial charge in [0.1, 0.15) is 5.82 Å². The first-order valence-corrected chi connectivity index (χ1v) is 7.09. The van der Waals surface area contributed by atoms with Crippen LogP contribution in [0.1, 0.15) is 45.6 Å². The SMILES string of the molecule is CC(C)NCC(CCOC(C)C)c1cccc(F)c1. The molecule has 0 fully saturated rings. The lowest BCUT2D eigenvalue weighted by Crippen LogP contribution is -2.28. The number of nitrogens with one attached hydrogen (secondary N) is 1. The Morgan fingerprint density at radius 1 is 1.21 bits per heavy atom.